The largest absolute Gasteiger partial charge is 0.474 e. The molecule has 0 bridgehead atoms. The highest BCUT2D eigenvalue weighted by Gasteiger charge is 2.37. The van der Waals surface area contributed by atoms with Crippen molar-refractivity contribution in [1.29, 1.82) is 0 Å². The van der Waals surface area contributed by atoms with Crippen molar-refractivity contribution in [3.63, 3.8) is 0 Å². The molecule has 8 nitrogen and oxygen atoms in total. The van der Waals surface area contributed by atoms with Crippen LogP contribution in [0.4, 0.5) is 0 Å². The number of nitrogens with zero attached hydrogens (tertiary/aromatic N) is 3. The Kier molecular flexibility index (Phi) is 6.69. The molecule has 0 spiro atoms. The fourth-order valence-corrected chi connectivity index (χ4v) is 5.22. The maximum Gasteiger partial charge on any atom is 0.224 e. The molecule has 1 N–H and O–H groups in total. The van der Waals surface area contributed by atoms with Gasteiger partial charge in [0.25, 0.3) is 0 Å². The number of ketones is 1. The maximum absolute atomic E-state index is 13.2. The molecule has 152 valence electrons. The number of H-pyrrole nitrogens is 1. The first-order chi connectivity index (χ1) is 13.4. The molecule has 1 aliphatic heterocycles. The molecular formula is C18H23ClN4O4S. The zero-order valence-corrected chi connectivity index (χ0v) is 17.1. The Hall–Kier alpha value is -1.97. The molecule has 28 heavy (non-hydrogen) atoms. The number of ether oxygens (including phenoxy) is 1. The molecule has 1 aliphatic rings. The highest BCUT2D eigenvalue weighted by atomic mass is 35.5. The third-order valence-corrected chi connectivity index (χ3v) is 7.18. The zero-order chi connectivity index (χ0) is 20.1. The molecule has 1 saturated heterocycles. The van der Waals surface area contributed by atoms with Gasteiger partial charge in [0, 0.05) is 44.2 Å². The average molecular weight is 427 g/mol. The molecule has 2 aromatic heterocycles. The molecule has 1 fully saturated rings. The van der Waals surface area contributed by atoms with Crippen LogP contribution >= 0.6 is 11.6 Å². The predicted molar refractivity (Wildman–Crippen MR) is 105 cm³/mol. The van der Waals surface area contributed by atoms with E-state index in [1.54, 1.807) is 18.3 Å². The number of imidazole rings is 1. The number of hydrogen-bond acceptors (Lipinski definition) is 6. The van der Waals surface area contributed by atoms with Crippen molar-refractivity contribution in [3.05, 3.63) is 41.6 Å². The molecule has 0 saturated carbocycles. The number of rotatable bonds is 8. The van der Waals surface area contributed by atoms with Gasteiger partial charge in [0.05, 0.1) is 5.02 Å². The zero-order valence-electron chi connectivity index (χ0n) is 15.5. The third-order valence-electron chi connectivity index (χ3n) is 4.69. The van der Waals surface area contributed by atoms with Crippen LogP contribution in [-0.4, -0.2) is 52.7 Å². The van der Waals surface area contributed by atoms with Crippen LogP contribution in [-0.2, 0) is 14.8 Å². The number of sulfonamides is 1. The van der Waals surface area contributed by atoms with Crippen molar-refractivity contribution in [2.45, 2.75) is 44.0 Å². The SMILES string of the molecule is CC(=O)CCC(c1ncc[nH]1)S(=O)(=O)N1CCC(Oc2ccc(Cl)cn2)CC1. The molecule has 0 amide bonds. The van der Waals surface area contributed by atoms with Crippen molar-refractivity contribution in [2.24, 2.45) is 0 Å². The summed E-state index contributed by atoms with van der Waals surface area (Å²) in [4.78, 5) is 22.5. The lowest BCUT2D eigenvalue weighted by atomic mass is 10.1. The lowest BCUT2D eigenvalue weighted by Crippen LogP contribution is -2.43. The van der Waals surface area contributed by atoms with E-state index in [2.05, 4.69) is 15.0 Å². The Morgan fingerprint density at radius 3 is 2.68 bits per heavy atom. The Labute approximate surface area is 169 Å². The number of aromatic amines is 1. The fraction of sp³-hybridized carbons (Fsp3) is 0.500. The topological polar surface area (TPSA) is 105 Å². The summed E-state index contributed by atoms with van der Waals surface area (Å²) in [5, 5.41) is -0.329. The second kappa shape index (κ2) is 9.02. The fourth-order valence-electron chi connectivity index (χ4n) is 3.20. The summed E-state index contributed by atoms with van der Waals surface area (Å²) in [5.74, 6) is 0.792. The van der Waals surface area contributed by atoms with Crippen LogP contribution in [0.15, 0.2) is 30.7 Å². The minimum atomic E-state index is -3.65. The van der Waals surface area contributed by atoms with Crippen LogP contribution in [0, 0.1) is 0 Å². The summed E-state index contributed by atoms with van der Waals surface area (Å²) in [5.41, 5.74) is 0. The second-order valence-electron chi connectivity index (χ2n) is 6.78. The van der Waals surface area contributed by atoms with E-state index in [0.717, 1.165) is 0 Å². The first-order valence-corrected chi connectivity index (χ1v) is 11.0. The van der Waals surface area contributed by atoms with E-state index < -0.39 is 15.3 Å². The Morgan fingerprint density at radius 2 is 2.11 bits per heavy atom. The molecule has 0 radical (unpaired) electrons. The van der Waals surface area contributed by atoms with Gasteiger partial charge in [0.15, 0.2) is 0 Å². The number of nitrogens with one attached hydrogen (secondary N) is 1. The maximum atomic E-state index is 13.2. The van der Waals surface area contributed by atoms with Gasteiger partial charge in [-0.25, -0.2) is 22.7 Å². The number of piperidine rings is 1. The van der Waals surface area contributed by atoms with Gasteiger partial charge in [-0.15, -0.1) is 0 Å². The third kappa shape index (κ3) is 5.09. The van der Waals surface area contributed by atoms with Gasteiger partial charge in [-0.05, 0) is 32.3 Å². The van der Waals surface area contributed by atoms with Crippen LogP contribution in [0.3, 0.4) is 0 Å². The number of hydrogen-bond donors (Lipinski definition) is 1. The summed E-state index contributed by atoms with van der Waals surface area (Å²) in [7, 11) is -3.65. The minimum Gasteiger partial charge on any atom is -0.474 e. The number of carbonyl (C=O) groups excluding carboxylic acids is 1. The minimum absolute atomic E-state index is 0.0469. The summed E-state index contributed by atoms with van der Waals surface area (Å²) >= 11 is 5.82. The standard InChI is InChI=1S/C18H23ClN4O4S/c1-13(24)2-4-16(18-20-8-9-21-18)28(25,26)23-10-6-15(7-11-23)27-17-5-3-14(19)12-22-17/h3,5,8-9,12,15-16H,2,4,6-7,10-11H2,1H3,(H,20,21). The predicted octanol–water partition coefficient (Wildman–Crippen LogP) is 2.74. The van der Waals surface area contributed by atoms with Crippen molar-refractivity contribution < 1.29 is 17.9 Å². The Morgan fingerprint density at radius 1 is 1.36 bits per heavy atom. The van der Waals surface area contributed by atoms with Crippen molar-refractivity contribution in [2.75, 3.05) is 13.1 Å². The van der Waals surface area contributed by atoms with Gasteiger partial charge in [0.1, 0.15) is 23.0 Å². The van der Waals surface area contributed by atoms with Gasteiger partial charge in [-0.2, -0.15) is 0 Å². The summed E-state index contributed by atoms with van der Waals surface area (Å²) in [6, 6.07) is 3.40. The molecule has 1 unspecified atom stereocenters. The van der Waals surface area contributed by atoms with E-state index in [1.165, 1.54) is 23.6 Å². The number of Topliss-reactive ketones (excluding diaryl/α,β-unsaturated/α-hetero) is 1. The quantitative estimate of drug-likeness (QED) is 0.695. The second-order valence-corrected chi connectivity index (χ2v) is 9.33. The molecule has 3 heterocycles. The van der Waals surface area contributed by atoms with E-state index in [-0.39, 0.29) is 24.7 Å². The lowest BCUT2D eigenvalue weighted by molar-refractivity contribution is -0.117. The van der Waals surface area contributed by atoms with Crippen molar-refractivity contribution in [3.8, 4) is 5.88 Å². The van der Waals surface area contributed by atoms with Crippen LogP contribution < -0.4 is 4.74 Å². The number of pyridine rings is 1. The molecule has 0 aromatic carbocycles. The van der Waals surface area contributed by atoms with E-state index in [0.29, 0.717) is 42.7 Å². The van der Waals surface area contributed by atoms with E-state index in [9.17, 15) is 13.2 Å². The molecule has 3 rings (SSSR count). The van der Waals surface area contributed by atoms with Gasteiger partial charge >= 0.3 is 0 Å². The van der Waals surface area contributed by atoms with E-state index in [1.807, 2.05) is 0 Å². The van der Waals surface area contributed by atoms with Crippen molar-refractivity contribution >= 4 is 27.4 Å². The lowest BCUT2D eigenvalue weighted by Gasteiger charge is -2.33. The van der Waals surface area contributed by atoms with Gasteiger partial charge < -0.3 is 14.5 Å². The number of halogens is 1. The molecular weight excluding hydrogens is 404 g/mol. The van der Waals surface area contributed by atoms with Gasteiger partial charge in [-0.3, -0.25) is 0 Å². The highest BCUT2D eigenvalue weighted by Crippen LogP contribution is 2.30. The number of aromatic nitrogens is 3. The molecule has 2 aromatic rings. The molecule has 0 aliphatic carbocycles. The van der Waals surface area contributed by atoms with E-state index >= 15 is 0 Å². The smallest absolute Gasteiger partial charge is 0.224 e. The first kappa shape index (κ1) is 20.8. The first-order valence-electron chi connectivity index (χ1n) is 9.12. The number of carbonyl (C=O) groups is 1. The summed E-state index contributed by atoms with van der Waals surface area (Å²) in [6.45, 7) is 2.15. The normalized spacial score (nSPS) is 17.4. The van der Waals surface area contributed by atoms with Crippen LogP contribution in [0.1, 0.15) is 43.7 Å². The van der Waals surface area contributed by atoms with Gasteiger partial charge in [0.2, 0.25) is 15.9 Å². The molecule has 1 atom stereocenters. The Bertz CT molecular complexity index is 879. The Balaban J connectivity index is 1.65. The summed E-state index contributed by atoms with van der Waals surface area (Å²) < 4.78 is 33.7. The molecule has 10 heteroatoms. The van der Waals surface area contributed by atoms with Crippen LogP contribution in [0.5, 0.6) is 5.88 Å². The summed E-state index contributed by atoms with van der Waals surface area (Å²) in [6.07, 6.45) is 6.01. The van der Waals surface area contributed by atoms with Crippen molar-refractivity contribution in [1.82, 2.24) is 19.3 Å². The van der Waals surface area contributed by atoms with E-state index in [4.69, 9.17) is 16.3 Å². The van der Waals surface area contributed by atoms with Crippen LogP contribution in [0.25, 0.3) is 0 Å². The van der Waals surface area contributed by atoms with Gasteiger partial charge in [-0.1, -0.05) is 11.6 Å². The van der Waals surface area contributed by atoms with Crippen LogP contribution in [0.2, 0.25) is 5.02 Å². The average Bonchev–Trinajstić information content (AvgIpc) is 3.18. The highest BCUT2D eigenvalue weighted by molar-refractivity contribution is 7.89. The monoisotopic (exact) mass is 426 g/mol.